The number of nitrogens with zero attached hydrogens (tertiary/aromatic N) is 1. The van der Waals surface area contributed by atoms with Gasteiger partial charge in [0.05, 0.1) is 0 Å². The Morgan fingerprint density at radius 3 is 2.26 bits per heavy atom. The highest BCUT2D eigenvalue weighted by molar-refractivity contribution is 8.13. The third kappa shape index (κ3) is 2.81. The summed E-state index contributed by atoms with van der Waals surface area (Å²) < 4.78 is 0. The molecule has 2 fully saturated rings. The van der Waals surface area contributed by atoms with Crippen molar-refractivity contribution in [2.45, 2.75) is 60.9 Å². The van der Waals surface area contributed by atoms with Crippen molar-refractivity contribution >= 4 is 16.9 Å². The van der Waals surface area contributed by atoms with Crippen LogP contribution in [-0.4, -0.2) is 23.5 Å². The Balaban J connectivity index is 1.94. The fourth-order valence-electron chi connectivity index (χ4n) is 3.24. The Morgan fingerprint density at radius 1 is 1.21 bits per heavy atom. The average Bonchev–Trinajstić information content (AvgIpc) is 2.66. The quantitative estimate of drug-likeness (QED) is 0.822. The highest BCUT2D eigenvalue weighted by atomic mass is 32.2. The number of nitrogens with one attached hydrogen (secondary N) is 1. The summed E-state index contributed by atoms with van der Waals surface area (Å²) in [4.78, 5) is 4.87. The van der Waals surface area contributed by atoms with Gasteiger partial charge in [0, 0.05) is 18.3 Å². The van der Waals surface area contributed by atoms with Gasteiger partial charge in [-0.1, -0.05) is 60.2 Å². The molecule has 1 unspecified atom stereocenters. The van der Waals surface area contributed by atoms with Gasteiger partial charge in [-0.15, -0.1) is 0 Å². The van der Waals surface area contributed by atoms with Crippen molar-refractivity contribution in [3.8, 4) is 0 Å². The Labute approximate surface area is 123 Å². The molecule has 1 aliphatic carbocycles. The lowest BCUT2D eigenvalue weighted by Gasteiger charge is -2.35. The van der Waals surface area contributed by atoms with Crippen LogP contribution in [0.3, 0.4) is 0 Å². The number of aliphatic imine (C=N–C) groups is 1. The second kappa shape index (κ2) is 4.68. The lowest BCUT2D eigenvalue weighted by molar-refractivity contribution is 0.290. The third-order valence-corrected chi connectivity index (χ3v) is 6.69. The topological polar surface area (TPSA) is 24.4 Å². The number of amidine groups is 1. The molecule has 0 radical (unpaired) electrons. The van der Waals surface area contributed by atoms with E-state index in [0.717, 1.165) is 12.5 Å². The number of hydrogen-bond donors (Lipinski definition) is 1. The SMILES string of the molecule is CC(C)(C)C1CCSC(=NCC2C(C)(C)C2(C)C)N1. The van der Waals surface area contributed by atoms with E-state index in [2.05, 4.69) is 53.8 Å². The molecule has 1 atom stereocenters. The molecule has 0 aromatic rings. The number of hydrogen-bond acceptors (Lipinski definition) is 2. The van der Waals surface area contributed by atoms with Gasteiger partial charge in [-0.2, -0.15) is 0 Å². The first-order chi connectivity index (χ1) is 8.57. The van der Waals surface area contributed by atoms with Crippen LogP contribution >= 0.6 is 11.8 Å². The Kier molecular flexibility index (Phi) is 3.75. The summed E-state index contributed by atoms with van der Waals surface area (Å²) in [5.41, 5.74) is 1.21. The molecule has 19 heavy (non-hydrogen) atoms. The van der Waals surface area contributed by atoms with Crippen molar-refractivity contribution in [2.75, 3.05) is 12.3 Å². The van der Waals surface area contributed by atoms with Gasteiger partial charge in [-0.25, -0.2) is 0 Å². The maximum atomic E-state index is 4.87. The van der Waals surface area contributed by atoms with E-state index in [9.17, 15) is 0 Å². The van der Waals surface area contributed by atoms with Crippen LogP contribution in [0.1, 0.15) is 54.9 Å². The second-order valence-electron chi connectivity index (χ2n) is 8.34. The second-order valence-corrected chi connectivity index (χ2v) is 9.43. The smallest absolute Gasteiger partial charge is 0.156 e. The van der Waals surface area contributed by atoms with E-state index < -0.39 is 0 Å². The Morgan fingerprint density at radius 2 is 1.79 bits per heavy atom. The number of thioether (sulfide) groups is 1. The fourth-order valence-corrected chi connectivity index (χ4v) is 4.18. The Hall–Kier alpha value is -0.180. The molecule has 2 rings (SSSR count). The van der Waals surface area contributed by atoms with Crippen molar-refractivity contribution in [2.24, 2.45) is 27.2 Å². The van der Waals surface area contributed by atoms with E-state index in [1.807, 2.05) is 11.8 Å². The van der Waals surface area contributed by atoms with Crippen LogP contribution in [0.25, 0.3) is 0 Å². The molecule has 0 amide bonds. The van der Waals surface area contributed by atoms with Crippen LogP contribution in [-0.2, 0) is 0 Å². The molecule has 110 valence electrons. The average molecular weight is 282 g/mol. The van der Waals surface area contributed by atoms with Crippen LogP contribution in [0.15, 0.2) is 4.99 Å². The van der Waals surface area contributed by atoms with Crippen LogP contribution < -0.4 is 5.32 Å². The zero-order valence-corrected chi connectivity index (χ0v) is 14.4. The molecular formula is C16H30N2S. The summed E-state index contributed by atoms with van der Waals surface area (Å²) in [6, 6.07) is 0.563. The van der Waals surface area contributed by atoms with E-state index in [1.54, 1.807) is 0 Å². The molecular weight excluding hydrogens is 252 g/mol. The minimum atomic E-state index is 0.319. The summed E-state index contributed by atoms with van der Waals surface area (Å²) in [6.45, 7) is 17.4. The number of rotatable bonds is 2. The van der Waals surface area contributed by atoms with E-state index in [4.69, 9.17) is 4.99 Å². The van der Waals surface area contributed by atoms with Crippen LogP contribution in [0.5, 0.6) is 0 Å². The Bertz CT molecular complexity index is 363. The maximum absolute atomic E-state index is 4.87. The van der Waals surface area contributed by atoms with Crippen molar-refractivity contribution in [1.82, 2.24) is 5.32 Å². The highest BCUT2D eigenvalue weighted by Crippen LogP contribution is 2.68. The standard InChI is InChI=1S/C16H30N2S/c1-14(2,3)12-8-9-19-13(18-12)17-10-11-15(4,5)16(11,6)7/h11-12H,8-10H2,1-7H3,(H,17,18). The van der Waals surface area contributed by atoms with Crippen molar-refractivity contribution in [1.29, 1.82) is 0 Å². The predicted octanol–water partition coefficient (Wildman–Crippen LogP) is 4.17. The molecule has 1 heterocycles. The van der Waals surface area contributed by atoms with Gasteiger partial charge < -0.3 is 5.32 Å². The van der Waals surface area contributed by atoms with Crippen LogP contribution in [0.4, 0.5) is 0 Å². The van der Waals surface area contributed by atoms with E-state index in [-0.39, 0.29) is 0 Å². The van der Waals surface area contributed by atoms with Crippen molar-refractivity contribution in [3.63, 3.8) is 0 Å². The fraction of sp³-hybridized carbons (Fsp3) is 0.938. The van der Waals surface area contributed by atoms with Gasteiger partial charge in [0.25, 0.3) is 0 Å². The summed E-state index contributed by atoms with van der Waals surface area (Å²) in [5.74, 6) is 1.93. The summed E-state index contributed by atoms with van der Waals surface area (Å²) in [6.07, 6.45) is 1.24. The van der Waals surface area contributed by atoms with Crippen molar-refractivity contribution in [3.05, 3.63) is 0 Å². The van der Waals surface area contributed by atoms with Gasteiger partial charge in [0.2, 0.25) is 0 Å². The minimum Gasteiger partial charge on any atom is -0.362 e. The maximum Gasteiger partial charge on any atom is 0.156 e. The van der Waals surface area contributed by atoms with Gasteiger partial charge in [0.15, 0.2) is 5.17 Å². The van der Waals surface area contributed by atoms with Gasteiger partial charge in [-0.05, 0) is 28.6 Å². The summed E-state index contributed by atoms with van der Waals surface area (Å²) in [7, 11) is 0. The zero-order chi connectivity index (χ0) is 14.5. The molecule has 0 bridgehead atoms. The molecule has 0 aromatic carbocycles. The third-order valence-electron chi connectivity index (χ3n) is 5.73. The largest absolute Gasteiger partial charge is 0.362 e. The molecule has 1 N–H and O–H groups in total. The zero-order valence-electron chi connectivity index (χ0n) is 13.6. The molecule has 2 nitrogen and oxygen atoms in total. The van der Waals surface area contributed by atoms with E-state index >= 15 is 0 Å². The van der Waals surface area contributed by atoms with Gasteiger partial charge in [-0.3, -0.25) is 4.99 Å². The molecule has 1 aliphatic heterocycles. The van der Waals surface area contributed by atoms with E-state index in [1.165, 1.54) is 17.3 Å². The molecule has 2 aliphatic rings. The molecule has 1 saturated carbocycles. The van der Waals surface area contributed by atoms with E-state index in [0.29, 0.717) is 22.3 Å². The first kappa shape index (κ1) is 15.2. The monoisotopic (exact) mass is 282 g/mol. The summed E-state index contributed by atoms with van der Waals surface area (Å²) >= 11 is 1.89. The van der Waals surface area contributed by atoms with Crippen molar-refractivity contribution < 1.29 is 0 Å². The lowest BCUT2D eigenvalue weighted by atomic mass is 9.85. The van der Waals surface area contributed by atoms with Gasteiger partial charge >= 0.3 is 0 Å². The first-order valence-corrected chi connectivity index (χ1v) is 8.49. The van der Waals surface area contributed by atoms with Gasteiger partial charge in [0.1, 0.15) is 0 Å². The molecule has 1 saturated heterocycles. The minimum absolute atomic E-state index is 0.319. The van der Waals surface area contributed by atoms with Crippen LogP contribution in [0.2, 0.25) is 0 Å². The molecule has 3 heteroatoms. The normalized spacial score (nSPS) is 32.2. The predicted molar refractivity (Wildman–Crippen MR) is 86.8 cm³/mol. The molecule has 0 aromatic heterocycles. The highest BCUT2D eigenvalue weighted by Gasteiger charge is 2.64. The summed E-state index contributed by atoms with van der Waals surface area (Å²) in [5, 5.41) is 4.82. The molecule has 0 spiro atoms. The first-order valence-electron chi connectivity index (χ1n) is 7.50. The lowest BCUT2D eigenvalue weighted by Crippen LogP contribution is -2.46. The van der Waals surface area contributed by atoms with Crippen LogP contribution in [0, 0.1) is 22.2 Å².